The third-order valence-corrected chi connectivity index (χ3v) is 2.78. The molecule has 0 fully saturated rings. The molecular formula is C14H22ClN3O2. The van der Waals surface area contributed by atoms with E-state index in [2.05, 4.69) is 10.6 Å². The predicted octanol–water partition coefficient (Wildman–Crippen LogP) is 0.866. The van der Waals surface area contributed by atoms with Crippen molar-refractivity contribution in [1.82, 2.24) is 10.6 Å². The van der Waals surface area contributed by atoms with Gasteiger partial charge in [-0.3, -0.25) is 9.59 Å². The fourth-order valence-electron chi connectivity index (χ4n) is 1.74. The molecule has 1 aromatic carbocycles. The van der Waals surface area contributed by atoms with Crippen molar-refractivity contribution in [2.75, 3.05) is 20.1 Å². The number of carbonyl (C=O) groups is 2. The molecule has 0 spiro atoms. The Labute approximate surface area is 125 Å². The van der Waals surface area contributed by atoms with Gasteiger partial charge in [0.1, 0.15) is 0 Å². The van der Waals surface area contributed by atoms with Crippen molar-refractivity contribution >= 4 is 24.2 Å². The van der Waals surface area contributed by atoms with Crippen LogP contribution in [-0.2, 0) is 11.2 Å². The molecule has 0 aliphatic rings. The smallest absolute Gasteiger partial charge is 0.248 e. The first-order chi connectivity index (χ1) is 9.13. The molecule has 6 heteroatoms. The first-order valence-electron chi connectivity index (χ1n) is 6.43. The van der Waals surface area contributed by atoms with Crippen molar-refractivity contribution < 1.29 is 9.59 Å². The van der Waals surface area contributed by atoms with Crippen molar-refractivity contribution in [3.8, 4) is 0 Å². The summed E-state index contributed by atoms with van der Waals surface area (Å²) < 4.78 is 0. The van der Waals surface area contributed by atoms with Crippen LogP contribution in [0.1, 0.15) is 28.8 Å². The minimum atomic E-state index is -0.432. The van der Waals surface area contributed by atoms with Gasteiger partial charge in [-0.05, 0) is 44.1 Å². The van der Waals surface area contributed by atoms with Gasteiger partial charge in [0.15, 0.2) is 0 Å². The van der Waals surface area contributed by atoms with Gasteiger partial charge in [0.2, 0.25) is 11.8 Å². The molecule has 4 N–H and O–H groups in total. The highest BCUT2D eigenvalue weighted by atomic mass is 35.5. The number of hydrogen-bond acceptors (Lipinski definition) is 3. The third kappa shape index (κ3) is 7.11. The van der Waals surface area contributed by atoms with Gasteiger partial charge in [-0.2, -0.15) is 0 Å². The lowest BCUT2D eigenvalue weighted by atomic mass is 10.1. The standard InChI is InChI=1S/C14H21N3O2.ClH/c1-16-8-3-6-13(18)17-9-7-11-4-2-5-12(10-11)14(15)19;/h2,4-5,10,16H,3,6-9H2,1H3,(H2,15,19)(H,17,18);1H. The Bertz CT molecular complexity index is 438. The fraction of sp³-hybridized carbons (Fsp3) is 0.429. The summed E-state index contributed by atoms with van der Waals surface area (Å²) in [7, 11) is 1.86. The van der Waals surface area contributed by atoms with Crippen LogP contribution >= 0.6 is 12.4 Å². The number of nitrogens with two attached hydrogens (primary N) is 1. The Morgan fingerprint density at radius 1 is 1.25 bits per heavy atom. The number of nitrogens with one attached hydrogen (secondary N) is 2. The molecule has 0 radical (unpaired) electrons. The Morgan fingerprint density at radius 2 is 2.00 bits per heavy atom. The van der Waals surface area contributed by atoms with Crippen molar-refractivity contribution in [3.63, 3.8) is 0 Å². The maximum Gasteiger partial charge on any atom is 0.248 e. The molecule has 0 unspecified atom stereocenters. The van der Waals surface area contributed by atoms with Crippen LogP contribution in [0.5, 0.6) is 0 Å². The van der Waals surface area contributed by atoms with E-state index in [4.69, 9.17) is 5.73 Å². The Morgan fingerprint density at radius 3 is 2.65 bits per heavy atom. The van der Waals surface area contributed by atoms with Gasteiger partial charge in [-0.15, -0.1) is 12.4 Å². The maximum atomic E-state index is 11.5. The fourth-order valence-corrected chi connectivity index (χ4v) is 1.74. The van der Waals surface area contributed by atoms with Crippen LogP contribution < -0.4 is 16.4 Å². The van der Waals surface area contributed by atoms with E-state index < -0.39 is 5.91 Å². The van der Waals surface area contributed by atoms with E-state index in [1.807, 2.05) is 13.1 Å². The van der Waals surface area contributed by atoms with Crippen LogP contribution in [0.15, 0.2) is 24.3 Å². The zero-order valence-electron chi connectivity index (χ0n) is 11.6. The van der Waals surface area contributed by atoms with Crippen LogP contribution in [0.4, 0.5) is 0 Å². The highest BCUT2D eigenvalue weighted by Crippen LogP contribution is 2.05. The average Bonchev–Trinajstić information content (AvgIpc) is 2.39. The zero-order valence-corrected chi connectivity index (χ0v) is 12.5. The molecule has 0 saturated heterocycles. The van der Waals surface area contributed by atoms with Crippen molar-refractivity contribution in [3.05, 3.63) is 35.4 Å². The highest BCUT2D eigenvalue weighted by molar-refractivity contribution is 5.92. The lowest BCUT2D eigenvalue weighted by molar-refractivity contribution is -0.121. The summed E-state index contributed by atoms with van der Waals surface area (Å²) in [4.78, 5) is 22.5. The third-order valence-electron chi connectivity index (χ3n) is 2.78. The molecule has 5 nitrogen and oxygen atoms in total. The summed E-state index contributed by atoms with van der Waals surface area (Å²) in [6.45, 7) is 1.41. The molecule has 1 aromatic rings. The van der Waals surface area contributed by atoms with E-state index in [1.165, 1.54) is 0 Å². The average molecular weight is 300 g/mol. The number of primary amides is 1. The van der Waals surface area contributed by atoms with Crippen LogP contribution in [0.25, 0.3) is 0 Å². The molecule has 0 heterocycles. The molecule has 0 aliphatic carbocycles. The SMILES string of the molecule is CNCCCC(=O)NCCc1cccc(C(N)=O)c1.Cl. The van der Waals surface area contributed by atoms with Gasteiger partial charge >= 0.3 is 0 Å². The molecule has 20 heavy (non-hydrogen) atoms. The lowest BCUT2D eigenvalue weighted by Crippen LogP contribution is -2.26. The summed E-state index contributed by atoms with van der Waals surface area (Å²) in [6, 6.07) is 7.15. The lowest BCUT2D eigenvalue weighted by Gasteiger charge is -2.06. The van der Waals surface area contributed by atoms with Gasteiger partial charge in [0.05, 0.1) is 0 Å². The van der Waals surface area contributed by atoms with E-state index in [-0.39, 0.29) is 18.3 Å². The van der Waals surface area contributed by atoms with Crippen LogP contribution in [0, 0.1) is 0 Å². The van der Waals surface area contributed by atoms with Gasteiger partial charge in [-0.1, -0.05) is 12.1 Å². The summed E-state index contributed by atoms with van der Waals surface area (Å²) in [5, 5.41) is 5.85. The molecule has 0 saturated carbocycles. The summed E-state index contributed by atoms with van der Waals surface area (Å²) in [5.74, 6) is -0.376. The summed E-state index contributed by atoms with van der Waals surface area (Å²) >= 11 is 0. The number of rotatable bonds is 8. The van der Waals surface area contributed by atoms with E-state index in [1.54, 1.807) is 18.2 Å². The molecule has 2 amide bonds. The van der Waals surface area contributed by atoms with Gasteiger partial charge in [0, 0.05) is 18.5 Å². The molecule has 1 rings (SSSR count). The normalized spacial score (nSPS) is 9.65. The molecular weight excluding hydrogens is 278 g/mol. The Balaban J connectivity index is 0.00000361. The maximum absolute atomic E-state index is 11.5. The topological polar surface area (TPSA) is 84.2 Å². The molecule has 0 aromatic heterocycles. The monoisotopic (exact) mass is 299 g/mol. The van der Waals surface area contributed by atoms with Crippen LogP contribution in [-0.4, -0.2) is 32.0 Å². The quantitative estimate of drug-likeness (QED) is 0.623. The van der Waals surface area contributed by atoms with Crippen LogP contribution in [0.3, 0.4) is 0 Å². The highest BCUT2D eigenvalue weighted by Gasteiger charge is 2.03. The zero-order chi connectivity index (χ0) is 14.1. The second-order valence-electron chi connectivity index (χ2n) is 4.37. The molecule has 0 atom stereocenters. The summed E-state index contributed by atoms with van der Waals surface area (Å²) in [6.07, 6.45) is 2.06. The van der Waals surface area contributed by atoms with E-state index in [0.29, 0.717) is 24.9 Å². The second-order valence-corrected chi connectivity index (χ2v) is 4.37. The van der Waals surface area contributed by atoms with Crippen molar-refractivity contribution in [2.45, 2.75) is 19.3 Å². The second kappa shape index (κ2) is 10.2. The minimum absolute atomic E-state index is 0. The minimum Gasteiger partial charge on any atom is -0.366 e. The number of hydrogen-bond donors (Lipinski definition) is 3. The van der Waals surface area contributed by atoms with Crippen molar-refractivity contribution in [1.29, 1.82) is 0 Å². The first-order valence-corrected chi connectivity index (χ1v) is 6.43. The van der Waals surface area contributed by atoms with Crippen LogP contribution in [0.2, 0.25) is 0 Å². The van der Waals surface area contributed by atoms with E-state index in [9.17, 15) is 9.59 Å². The Kier molecular flexibility index (Phi) is 9.41. The molecule has 112 valence electrons. The van der Waals surface area contributed by atoms with Crippen molar-refractivity contribution in [2.24, 2.45) is 5.73 Å². The van der Waals surface area contributed by atoms with Gasteiger partial charge in [-0.25, -0.2) is 0 Å². The van der Waals surface area contributed by atoms with E-state index >= 15 is 0 Å². The number of carbonyl (C=O) groups excluding carboxylic acids is 2. The van der Waals surface area contributed by atoms with E-state index in [0.717, 1.165) is 18.5 Å². The number of benzene rings is 1. The summed E-state index contributed by atoms with van der Waals surface area (Å²) in [5.41, 5.74) is 6.70. The number of halogens is 1. The Hall–Kier alpha value is -1.59. The molecule has 0 aliphatic heterocycles. The van der Waals surface area contributed by atoms with Gasteiger partial charge in [0.25, 0.3) is 0 Å². The first kappa shape index (κ1) is 18.4. The largest absolute Gasteiger partial charge is 0.366 e. The number of amides is 2. The predicted molar refractivity (Wildman–Crippen MR) is 82.1 cm³/mol. The van der Waals surface area contributed by atoms with Gasteiger partial charge < -0.3 is 16.4 Å². The molecule has 0 bridgehead atoms.